The lowest BCUT2D eigenvalue weighted by Crippen LogP contribution is -2.17. The third kappa shape index (κ3) is 2.12. The van der Waals surface area contributed by atoms with Crippen LogP contribution in [0.2, 0.25) is 0 Å². The molecule has 3 nitrogen and oxygen atoms in total. The topological polar surface area (TPSA) is 41.5 Å². The number of carbonyl (C=O) groups excluding carboxylic acids is 1. The molecule has 0 saturated heterocycles. The van der Waals surface area contributed by atoms with Gasteiger partial charge in [0.2, 0.25) is 0 Å². The summed E-state index contributed by atoms with van der Waals surface area (Å²) in [5.41, 5.74) is 0. The van der Waals surface area contributed by atoms with Crippen molar-refractivity contribution in [2.24, 2.45) is 4.99 Å². The number of hydrogen-bond acceptors (Lipinski definition) is 2. The second kappa shape index (κ2) is 4.05. The van der Waals surface area contributed by atoms with E-state index < -0.39 is 0 Å². The summed E-state index contributed by atoms with van der Waals surface area (Å²) in [6, 6.07) is 0. The van der Waals surface area contributed by atoms with Gasteiger partial charge in [-0.2, -0.15) is 0 Å². The molecule has 0 bridgehead atoms. The van der Waals surface area contributed by atoms with Crippen LogP contribution in [0.3, 0.4) is 0 Å². The fourth-order valence-electron chi connectivity index (χ4n) is 0.256. The van der Waals surface area contributed by atoms with E-state index in [1.165, 1.54) is 13.2 Å². The van der Waals surface area contributed by atoms with Crippen molar-refractivity contribution in [1.29, 1.82) is 0 Å². The minimum atomic E-state index is 0.292. The molecular formula is C5H8N2O. The van der Waals surface area contributed by atoms with Crippen molar-refractivity contribution in [3.8, 4) is 0 Å². The van der Waals surface area contributed by atoms with Gasteiger partial charge < -0.3 is 5.32 Å². The second-order valence-corrected chi connectivity index (χ2v) is 1.08. The van der Waals surface area contributed by atoms with Crippen molar-refractivity contribution in [3.63, 3.8) is 0 Å². The largest absolute Gasteiger partial charge is 0.345 e. The van der Waals surface area contributed by atoms with Crippen molar-refractivity contribution >= 4 is 12.1 Å². The molecule has 44 valence electrons. The van der Waals surface area contributed by atoms with Gasteiger partial charge in [0, 0.05) is 7.05 Å². The summed E-state index contributed by atoms with van der Waals surface area (Å²) in [6.45, 7) is 3.35. The highest BCUT2D eigenvalue weighted by Gasteiger charge is 1.84. The molecule has 0 aromatic heterocycles. The Labute approximate surface area is 48.1 Å². The van der Waals surface area contributed by atoms with E-state index in [4.69, 9.17) is 0 Å². The maximum absolute atomic E-state index is 9.88. The molecule has 0 unspecified atom stereocenters. The van der Waals surface area contributed by atoms with Gasteiger partial charge in [0.15, 0.2) is 12.1 Å². The fraction of sp³-hybridized carbons (Fsp3) is 0.200. The van der Waals surface area contributed by atoms with Crippen LogP contribution in [0.15, 0.2) is 17.8 Å². The Balaban J connectivity index is 3.71. The molecule has 3 heteroatoms. The van der Waals surface area contributed by atoms with Crippen LogP contribution in [-0.2, 0) is 4.79 Å². The standard InChI is InChI=1S/C5H8N2O/c1-3-7-5(4-8)6-2/h3-4H,1H2,2H3,(H,6,7). The van der Waals surface area contributed by atoms with Crippen molar-refractivity contribution in [2.45, 2.75) is 0 Å². The van der Waals surface area contributed by atoms with Crippen molar-refractivity contribution in [1.82, 2.24) is 5.32 Å². The molecule has 0 heterocycles. The van der Waals surface area contributed by atoms with Gasteiger partial charge in [0.05, 0.1) is 0 Å². The normalized spacial score (nSPS) is 10.4. The Bertz CT molecular complexity index is 118. The predicted molar refractivity (Wildman–Crippen MR) is 32.8 cm³/mol. The van der Waals surface area contributed by atoms with Gasteiger partial charge in [0.1, 0.15) is 0 Å². The summed E-state index contributed by atoms with van der Waals surface area (Å²) in [5, 5.41) is 2.53. The highest BCUT2D eigenvalue weighted by molar-refractivity contribution is 6.27. The van der Waals surface area contributed by atoms with Gasteiger partial charge in [-0.1, -0.05) is 6.58 Å². The van der Waals surface area contributed by atoms with E-state index in [9.17, 15) is 4.79 Å². The van der Waals surface area contributed by atoms with Gasteiger partial charge in [0.25, 0.3) is 0 Å². The smallest absolute Gasteiger partial charge is 0.184 e. The summed E-state index contributed by atoms with van der Waals surface area (Å²) in [6.07, 6.45) is 2.03. The highest BCUT2D eigenvalue weighted by Crippen LogP contribution is 1.62. The predicted octanol–water partition coefficient (Wildman–Crippen LogP) is -0.0533. The van der Waals surface area contributed by atoms with Crippen molar-refractivity contribution in [3.05, 3.63) is 12.8 Å². The van der Waals surface area contributed by atoms with E-state index in [0.717, 1.165) is 0 Å². The molecule has 0 aromatic rings. The van der Waals surface area contributed by atoms with Gasteiger partial charge >= 0.3 is 0 Å². The average Bonchev–Trinajstić information content (AvgIpc) is 1.83. The maximum atomic E-state index is 9.88. The molecule has 1 N–H and O–H groups in total. The highest BCUT2D eigenvalue weighted by atomic mass is 16.1. The number of aldehydes is 1. The number of hydrogen-bond donors (Lipinski definition) is 1. The van der Waals surface area contributed by atoms with E-state index >= 15 is 0 Å². The number of rotatable bonds is 2. The molecule has 0 aliphatic carbocycles. The molecule has 0 aromatic carbocycles. The third-order valence-corrected chi connectivity index (χ3v) is 0.602. The Morgan fingerprint density at radius 2 is 2.50 bits per heavy atom. The van der Waals surface area contributed by atoms with Crippen LogP contribution in [0.25, 0.3) is 0 Å². The Hall–Kier alpha value is -1.12. The molecule has 0 amide bonds. The van der Waals surface area contributed by atoms with Crippen LogP contribution >= 0.6 is 0 Å². The van der Waals surface area contributed by atoms with E-state index in [1.807, 2.05) is 0 Å². The van der Waals surface area contributed by atoms with Crippen LogP contribution in [0.4, 0.5) is 0 Å². The van der Waals surface area contributed by atoms with Gasteiger partial charge in [-0.15, -0.1) is 0 Å². The monoisotopic (exact) mass is 112 g/mol. The number of aliphatic imine (C=N–C) groups is 1. The van der Waals surface area contributed by atoms with Crippen LogP contribution in [-0.4, -0.2) is 19.2 Å². The Kier molecular flexibility index (Phi) is 3.48. The lowest BCUT2D eigenvalue weighted by Gasteiger charge is -1.90. The molecular weight excluding hydrogens is 104 g/mol. The number of carbonyl (C=O) groups is 1. The third-order valence-electron chi connectivity index (χ3n) is 0.602. The molecule has 0 rings (SSSR count). The molecule has 0 spiro atoms. The van der Waals surface area contributed by atoms with Crippen LogP contribution in [0.5, 0.6) is 0 Å². The summed E-state index contributed by atoms with van der Waals surface area (Å²) >= 11 is 0. The van der Waals surface area contributed by atoms with E-state index in [-0.39, 0.29) is 0 Å². The SMILES string of the molecule is C=CNC(C=O)=NC. The Morgan fingerprint density at radius 3 is 2.62 bits per heavy atom. The number of nitrogens with one attached hydrogen (secondary N) is 1. The lowest BCUT2D eigenvalue weighted by atomic mass is 10.6. The van der Waals surface area contributed by atoms with E-state index in [1.54, 1.807) is 0 Å². The average molecular weight is 112 g/mol. The number of amidine groups is 1. The van der Waals surface area contributed by atoms with Crippen LogP contribution in [0, 0.1) is 0 Å². The zero-order chi connectivity index (χ0) is 6.41. The summed E-state index contributed by atoms with van der Waals surface area (Å²) < 4.78 is 0. The number of nitrogens with zero attached hydrogens (tertiary/aromatic N) is 1. The van der Waals surface area contributed by atoms with Gasteiger partial charge in [-0.05, 0) is 6.20 Å². The van der Waals surface area contributed by atoms with Crippen molar-refractivity contribution in [2.75, 3.05) is 7.05 Å². The molecule has 0 radical (unpaired) electrons. The molecule has 0 aliphatic rings. The minimum Gasteiger partial charge on any atom is -0.345 e. The minimum absolute atomic E-state index is 0.292. The lowest BCUT2D eigenvalue weighted by molar-refractivity contribution is -0.102. The first-order chi connectivity index (χ1) is 3.85. The molecule has 0 atom stereocenters. The fourth-order valence-corrected chi connectivity index (χ4v) is 0.256. The first kappa shape index (κ1) is 6.88. The second-order valence-electron chi connectivity index (χ2n) is 1.08. The molecule has 8 heavy (non-hydrogen) atoms. The quantitative estimate of drug-likeness (QED) is 0.309. The van der Waals surface area contributed by atoms with Gasteiger partial charge in [-0.3, -0.25) is 9.79 Å². The van der Waals surface area contributed by atoms with Crippen LogP contribution < -0.4 is 5.32 Å². The van der Waals surface area contributed by atoms with E-state index in [0.29, 0.717) is 12.1 Å². The zero-order valence-corrected chi connectivity index (χ0v) is 4.72. The van der Waals surface area contributed by atoms with Crippen molar-refractivity contribution < 1.29 is 4.79 Å². The summed E-state index contributed by atoms with van der Waals surface area (Å²) in [5.74, 6) is 0.292. The van der Waals surface area contributed by atoms with Gasteiger partial charge in [-0.25, -0.2) is 0 Å². The Morgan fingerprint density at radius 1 is 1.88 bits per heavy atom. The first-order valence-corrected chi connectivity index (χ1v) is 2.14. The van der Waals surface area contributed by atoms with Crippen LogP contribution in [0.1, 0.15) is 0 Å². The summed E-state index contributed by atoms with van der Waals surface area (Å²) in [7, 11) is 1.53. The zero-order valence-electron chi connectivity index (χ0n) is 4.72. The molecule has 0 fully saturated rings. The first-order valence-electron chi connectivity index (χ1n) is 2.14. The maximum Gasteiger partial charge on any atom is 0.184 e. The summed E-state index contributed by atoms with van der Waals surface area (Å²) in [4.78, 5) is 13.4. The molecule has 0 saturated carbocycles. The van der Waals surface area contributed by atoms with E-state index in [2.05, 4.69) is 16.9 Å². The molecule has 0 aliphatic heterocycles.